The summed E-state index contributed by atoms with van der Waals surface area (Å²) in [5, 5.41) is 0. The first-order chi connectivity index (χ1) is 8.93. The molecule has 0 aromatic carbocycles. The summed E-state index contributed by atoms with van der Waals surface area (Å²) in [6.07, 6.45) is -2.80. The van der Waals surface area contributed by atoms with Crippen molar-refractivity contribution in [3.8, 4) is 5.88 Å². The quantitative estimate of drug-likeness (QED) is 0.707. The van der Waals surface area contributed by atoms with E-state index in [1.807, 2.05) is 0 Å². The summed E-state index contributed by atoms with van der Waals surface area (Å²) >= 11 is 0. The molecule has 1 aliphatic heterocycles. The zero-order chi connectivity index (χ0) is 15.5. The van der Waals surface area contributed by atoms with E-state index in [9.17, 15) is 0 Å². The summed E-state index contributed by atoms with van der Waals surface area (Å²) < 4.78 is 68.5. The van der Waals surface area contributed by atoms with Gasteiger partial charge in [-0.15, -0.1) is 0 Å². The van der Waals surface area contributed by atoms with Gasteiger partial charge in [-0.25, -0.2) is 0 Å². The normalized spacial score (nSPS) is 37.7. The van der Waals surface area contributed by atoms with Gasteiger partial charge in [0.05, 0.1) is 24.1 Å². The van der Waals surface area contributed by atoms with Gasteiger partial charge in [0, 0.05) is 6.04 Å². The van der Waals surface area contributed by atoms with E-state index in [1.165, 1.54) is 0 Å². The molecular formula is C8H10N2O2. The lowest BCUT2D eigenvalue weighted by Crippen LogP contribution is -2.38. The van der Waals surface area contributed by atoms with Crippen LogP contribution in [0.5, 0.6) is 5.88 Å². The lowest BCUT2D eigenvalue weighted by Gasteiger charge is -2.25. The van der Waals surface area contributed by atoms with E-state index in [2.05, 4.69) is 9.72 Å². The fourth-order valence-corrected chi connectivity index (χ4v) is 0.593. The Morgan fingerprint density at radius 1 is 1.83 bits per heavy atom. The van der Waals surface area contributed by atoms with Crippen molar-refractivity contribution in [3.05, 3.63) is 18.1 Å². The Balaban J connectivity index is 2.45. The largest absolute Gasteiger partial charge is 0.469 e. The molecule has 1 aliphatic rings. The second-order valence-electron chi connectivity index (χ2n) is 1.91. The number of nitrogens with zero attached hydrogens (tertiary/aromatic N) is 1. The second-order valence-corrected chi connectivity index (χ2v) is 1.91. The Kier molecular flexibility index (Phi) is 0.647. The van der Waals surface area contributed by atoms with Crippen molar-refractivity contribution in [3.63, 3.8) is 0 Å². The van der Waals surface area contributed by atoms with Crippen LogP contribution in [-0.4, -0.2) is 24.2 Å². The highest BCUT2D eigenvalue weighted by Gasteiger charge is 2.20. The van der Waals surface area contributed by atoms with Crippen LogP contribution in [0.2, 0.25) is 0 Å². The van der Waals surface area contributed by atoms with Crippen LogP contribution in [0.4, 0.5) is 5.82 Å². The fraction of sp³-hybridized carbons (Fsp3) is 0.375. The van der Waals surface area contributed by atoms with Crippen LogP contribution in [0, 0.1) is 0 Å². The monoisotopic (exact) mass is 174 g/mol. The number of hydrogen-bond acceptors (Lipinski definition) is 4. The molecule has 2 heterocycles. The molecule has 0 spiro atoms. The Bertz CT molecular complexity index is 564. The third-order valence-electron chi connectivity index (χ3n) is 1.07. The van der Waals surface area contributed by atoms with Gasteiger partial charge in [-0.05, 0) is 6.04 Å². The Hall–Kier alpha value is -1.29. The number of nitrogen functional groups attached to an aromatic ring is 1. The van der Waals surface area contributed by atoms with Crippen molar-refractivity contribution >= 4 is 5.82 Å². The van der Waals surface area contributed by atoms with Crippen molar-refractivity contribution in [1.29, 1.82) is 0 Å². The van der Waals surface area contributed by atoms with Gasteiger partial charge in [-0.2, -0.15) is 4.98 Å². The van der Waals surface area contributed by atoms with E-state index < -0.39 is 49.0 Å². The zero-order valence-electron chi connectivity index (χ0n) is 13.8. The van der Waals surface area contributed by atoms with E-state index in [4.69, 9.17) is 21.4 Å². The topological polar surface area (TPSA) is 57.4 Å². The third-order valence-corrected chi connectivity index (χ3v) is 1.07. The molecule has 1 aromatic heterocycles. The first-order valence-electron chi connectivity index (χ1n) is 7.05. The third kappa shape index (κ3) is 1.48. The molecule has 1 fully saturated rings. The van der Waals surface area contributed by atoms with Crippen LogP contribution < -0.4 is 10.5 Å². The van der Waals surface area contributed by atoms with E-state index in [-0.39, 0.29) is 0 Å². The van der Waals surface area contributed by atoms with Crippen LogP contribution in [0.15, 0.2) is 18.1 Å². The molecule has 0 bridgehead atoms. The van der Waals surface area contributed by atoms with Crippen LogP contribution in [0.25, 0.3) is 0 Å². The molecule has 4 nitrogen and oxygen atoms in total. The molecule has 4 heteroatoms. The molecule has 0 saturated carbocycles. The number of rotatable bonds is 2. The molecule has 0 atom stereocenters. The summed E-state index contributed by atoms with van der Waals surface area (Å²) in [5.74, 6) is -1.14. The first kappa shape index (κ1) is 2.60. The van der Waals surface area contributed by atoms with Gasteiger partial charge in [0.15, 0.2) is 0 Å². The Morgan fingerprint density at radius 2 is 2.67 bits per heavy atom. The van der Waals surface area contributed by atoms with Crippen LogP contribution in [0.3, 0.4) is 0 Å². The summed E-state index contributed by atoms with van der Waals surface area (Å²) in [7, 11) is 0. The van der Waals surface area contributed by atoms with Gasteiger partial charge >= 0.3 is 0 Å². The number of ether oxygens (including phenoxy) is 2. The minimum atomic E-state index is -2.80. The van der Waals surface area contributed by atoms with Gasteiger partial charge in [-0.1, -0.05) is 6.04 Å². The SMILES string of the molecule is [2H]c1c(N)nc(OC2([2H])C([2H])([2H])OC2([2H])[2H])c([2H])c1[2H]. The molecule has 2 N–H and O–H groups in total. The zero-order valence-corrected chi connectivity index (χ0v) is 5.84. The maximum absolute atomic E-state index is 7.73. The van der Waals surface area contributed by atoms with E-state index in [1.54, 1.807) is 0 Å². The van der Waals surface area contributed by atoms with Crippen LogP contribution in [-0.2, 0) is 4.74 Å². The minimum Gasteiger partial charge on any atom is -0.469 e. The molecule has 1 aromatic rings. The highest BCUT2D eigenvalue weighted by molar-refractivity contribution is 5.31. The highest BCUT2D eigenvalue weighted by atomic mass is 16.6. The van der Waals surface area contributed by atoms with Gasteiger partial charge in [0.1, 0.15) is 11.9 Å². The van der Waals surface area contributed by atoms with E-state index >= 15 is 0 Å². The van der Waals surface area contributed by atoms with Crippen molar-refractivity contribution in [1.82, 2.24) is 4.98 Å². The van der Waals surface area contributed by atoms with Gasteiger partial charge in [-0.3, -0.25) is 0 Å². The average Bonchev–Trinajstić information content (AvgIpc) is 2.31. The van der Waals surface area contributed by atoms with E-state index in [0.29, 0.717) is 0 Å². The number of hydrogen-bond donors (Lipinski definition) is 1. The molecule has 12 heavy (non-hydrogen) atoms. The average molecular weight is 174 g/mol. The van der Waals surface area contributed by atoms with Crippen molar-refractivity contribution in [2.24, 2.45) is 0 Å². The summed E-state index contributed by atoms with van der Waals surface area (Å²) in [6, 6.07) is -1.80. The van der Waals surface area contributed by atoms with Crippen LogP contribution in [0.1, 0.15) is 11.0 Å². The van der Waals surface area contributed by atoms with Crippen molar-refractivity contribution in [2.75, 3.05) is 18.9 Å². The summed E-state index contributed by atoms with van der Waals surface area (Å²) in [4.78, 5) is 3.48. The maximum Gasteiger partial charge on any atom is 0.215 e. The van der Waals surface area contributed by atoms with Crippen molar-refractivity contribution < 1.29 is 20.4 Å². The molecular weight excluding hydrogens is 156 g/mol. The predicted octanol–water partition coefficient (Wildman–Crippen LogP) is 0.441. The number of pyridine rings is 1. The Morgan fingerprint density at radius 3 is 3.42 bits per heavy atom. The molecule has 0 aliphatic carbocycles. The number of anilines is 1. The molecule has 2 rings (SSSR count). The molecule has 0 amide bonds. The van der Waals surface area contributed by atoms with Crippen molar-refractivity contribution in [2.45, 2.75) is 6.08 Å². The van der Waals surface area contributed by atoms with Gasteiger partial charge < -0.3 is 15.2 Å². The maximum atomic E-state index is 7.73. The summed E-state index contributed by atoms with van der Waals surface area (Å²) in [5.41, 5.74) is 5.34. The Labute approximate surface area is 81.5 Å². The van der Waals surface area contributed by atoms with Crippen LogP contribution >= 0.6 is 0 Å². The molecule has 1 saturated heterocycles. The smallest absolute Gasteiger partial charge is 0.215 e. The number of nitrogens with two attached hydrogens (primary N) is 1. The summed E-state index contributed by atoms with van der Waals surface area (Å²) in [6.45, 7) is -5.53. The second kappa shape index (κ2) is 2.98. The predicted molar refractivity (Wildman–Crippen MR) is 43.9 cm³/mol. The first-order valence-corrected chi connectivity index (χ1v) is 3.05. The number of aromatic nitrogens is 1. The fourth-order valence-electron chi connectivity index (χ4n) is 0.593. The van der Waals surface area contributed by atoms with E-state index in [0.717, 1.165) is 0 Å². The lowest BCUT2D eigenvalue weighted by molar-refractivity contribution is -0.0812. The molecule has 0 radical (unpaired) electrons. The standard InChI is InChI=1S/C8H10N2O2/c9-7-2-1-3-8(10-7)12-6-4-11-5-6/h1-3,6H,4-5H2,(H2,9,10)/i1D,2D,3D,4D2,5D2,6D. The highest BCUT2D eigenvalue weighted by Crippen LogP contribution is 2.13. The van der Waals surface area contributed by atoms with Gasteiger partial charge in [0.2, 0.25) is 5.88 Å². The minimum absolute atomic E-state index is 0.439. The molecule has 0 unspecified atom stereocenters. The lowest BCUT2D eigenvalue weighted by atomic mass is 10.3. The molecule has 64 valence electrons. The van der Waals surface area contributed by atoms with Gasteiger partial charge in [0.25, 0.3) is 0 Å².